The van der Waals surface area contributed by atoms with Gasteiger partial charge in [0.1, 0.15) is 0 Å². The first kappa shape index (κ1) is 14.0. The highest BCUT2D eigenvalue weighted by Crippen LogP contribution is 2.15. The van der Waals surface area contributed by atoms with Crippen LogP contribution in [0.15, 0.2) is 11.8 Å². The summed E-state index contributed by atoms with van der Waals surface area (Å²) in [6, 6.07) is 0. The largest absolute Gasteiger partial charge is 0.501 e. The number of alkyl halides is 1. The molecule has 0 aliphatic rings. The number of carboxylic acid groups (broad SMARTS) is 2. The molecule has 0 heterocycles. The van der Waals surface area contributed by atoms with E-state index in [2.05, 4.69) is 15.9 Å². The monoisotopic (exact) mass is 280 g/mol. The number of rotatable bonds is 7. The van der Waals surface area contributed by atoms with Gasteiger partial charge < -0.3 is 14.9 Å². The summed E-state index contributed by atoms with van der Waals surface area (Å²) < 4.78 is 4.83. The molecule has 0 aliphatic heterocycles. The zero-order valence-corrected chi connectivity index (χ0v) is 9.86. The van der Waals surface area contributed by atoms with E-state index in [4.69, 9.17) is 14.9 Å². The number of hydrogen-bond donors (Lipinski definition) is 2. The average Bonchev–Trinajstić information content (AvgIpc) is 2.17. The third-order valence-corrected chi connectivity index (χ3v) is 2.45. The van der Waals surface area contributed by atoms with Crippen LogP contribution in [-0.4, -0.2) is 34.1 Å². The molecule has 5 nitrogen and oxygen atoms in total. The summed E-state index contributed by atoms with van der Waals surface area (Å²) in [5.74, 6) is -2.95. The van der Waals surface area contributed by atoms with Gasteiger partial charge in [0.25, 0.3) is 0 Å². The molecule has 2 N–H and O–H groups in total. The Labute approximate surface area is 95.9 Å². The van der Waals surface area contributed by atoms with E-state index in [1.54, 1.807) is 6.92 Å². The molecule has 1 unspecified atom stereocenters. The van der Waals surface area contributed by atoms with Crippen LogP contribution in [-0.2, 0) is 14.3 Å². The molecule has 0 aromatic carbocycles. The first-order valence-corrected chi connectivity index (χ1v) is 5.47. The highest BCUT2D eigenvalue weighted by molar-refractivity contribution is 9.09. The fourth-order valence-electron chi connectivity index (χ4n) is 0.843. The highest BCUT2D eigenvalue weighted by Gasteiger charge is 2.21. The lowest BCUT2D eigenvalue weighted by molar-refractivity contribution is -0.141. The smallest absolute Gasteiger partial charge is 0.334 e. The van der Waals surface area contributed by atoms with Crippen molar-refractivity contribution in [3.8, 4) is 0 Å². The summed E-state index contributed by atoms with van der Waals surface area (Å²) >= 11 is 3.02. The first-order valence-electron chi connectivity index (χ1n) is 4.35. The number of halogens is 1. The normalized spacial score (nSPS) is 13.3. The molecule has 0 aromatic heterocycles. The Kier molecular flexibility index (Phi) is 6.77. The SMILES string of the molecule is CCOC=C(CC(CBr)C(=O)O)C(=O)O. The van der Waals surface area contributed by atoms with Crippen LogP contribution in [0.3, 0.4) is 0 Å². The zero-order valence-electron chi connectivity index (χ0n) is 8.27. The summed E-state index contributed by atoms with van der Waals surface area (Å²) in [6.07, 6.45) is 1.04. The van der Waals surface area contributed by atoms with E-state index in [1.807, 2.05) is 0 Å². The lowest BCUT2D eigenvalue weighted by Gasteiger charge is -2.09. The van der Waals surface area contributed by atoms with Crippen molar-refractivity contribution >= 4 is 27.9 Å². The topological polar surface area (TPSA) is 83.8 Å². The molecule has 1 atom stereocenters. The Morgan fingerprint density at radius 2 is 2.07 bits per heavy atom. The molecule has 0 aliphatic carbocycles. The van der Waals surface area contributed by atoms with Crippen molar-refractivity contribution in [2.45, 2.75) is 13.3 Å². The Bertz CT molecular complexity index is 261. The quantitative estimate of drug-likeness (QED) is 0.419. The van der Waals surface area contributed by atoms with E-state index in [-0.39, 0.29) is 17.3 Å². The van der Waals surface area contributed by atoms with Gasteiger partial charge in [0, 0.05) is 5.33 Å². The standard InChI is InChI=1S/C9H13BrO5/c1-2-15-5-7(9(13)14)3-6(4-10)8(11)12/h5-6H,2-4H2,1H3,(H,11,12)(H,13,14). The van der Waals surface area contributed by atoms with Crippen LogP contribution in [0.5, 0.6) is 0 Å². The Morgan fingerprint density at radius 1 is 1.47 bits per heavy atom. The van der Waals surface area contributed by atoms with E-state index in [0.717, 1.165) is 6.26 Å². The molecule has 0 saturated heterocycles. The maximum atomic E-state index is 10.7. The lowest BCUT2D eigenvalue weighted by atomic mass is 10.0. The van der Waals surface area contributed by atoms with Gasteiger partial charge in [-0.3, -0.25) is 4.79 Å². The molecular formula is C9H13BrO5. The van der Waals surface area contributed by atoms with Crippen LogP contribution >= 0.6 is 15.9 Å². The Balaban J connectivity index is 4.52. The van der Waals surface area contributed by atoms with Crippen molar-refractivity contribution in [2.75, 3.05) is 11.9 Å². The van der Waals surface area contributed by atoms with Crippen molar-refractivity contribution in [3.05, 3.63) is 11.8 Å². The third-order valence-electron chi connectivity index (χ3n) is 1.67. The highest BCUT2D eigenvalue weighted by atomic mass is 79.9. The molecule has 86 valence electrons. The van der Waals surface area contributed by atoms with Crippen LogP contribution in [0.25, 0.3) is 0 Å². The Morgan fingerprint density at radius 3 is 2.40 bits per heavy atom. The number of carbonyl (C=O) groups is 2. The van der Waals surface area contributed by atoms with E-state index < -0.39 is 17.9 Å². The van der Waals surface area contributed by atoms with Gasteiger partial charge in [0.2, 0.25) is 0 Å². The van der Waals surface area contributed by atoms with Crippen molar-refractivity contribution in [2.24, 2.45) is 5.92 Å². The van der Waals surface area contributed by atoms with E-state index in [1.165, 1.54) is 0 Å². The number of ether oxygens (including phenoxy) is 1. The third kappa shape index (κ3) is 5.41. The minimum atomic E-state index is -1.16. The van der Waals surface area contributed by atoms with Crippen molar-refractivity contribution in [1.29, 1.82) is 0 Å². The number of hydrogen-bond acceptors (Lipinski definition) is 3. The minimum absolute atomic E-state index is 0.0382. The first-order chi connectivity index (χ1) is 7.02. The second-order valence-corrected chi connectivity index (χ2v) is 3.44. The lowest BCUT2D eigenvalue weighted by Crippen LogP contribution is -2.18. The molecule has 0 rings (SSSR count). The Hall–Kier alpha value is -1.04. The fraction of sp³-hybridized carbons (Fsp3) is 0.556. The summed E-state index contributed by atoms with van der Waals surface area (Å²) in [6.45, 7) is 2.07. The van der Waals surface area contributed by atoms with Gasteiger partial charge in [0.05, 0.1) is 24.4 Å². The van der Waals surface area contributed by atoms with E-state index >= 15 is 0 Å². The van der Waals surface area contributed by atoms with Crippen molar-refractivity contribution < 1.29 is 24.5 Å². The van der Waals surface area contributed by atoms with Crippen LogP contribution in [0, 0.1) is 5.92 Å². The minimum Gasteiger partial charge on any atom is -0.501 e. The van der Waals surface area contributed by atoms with Gasteiger partial charge in [0.15, 0.2) is 0 Å². The van der Waals surface area contributed by atoms with Crippen LogP contribution in [0.1, 0.15) is 13.3 Å². The molecule has 0 aromatic rings. The van der Waals surface area contributed by atoms with Gasteiger partial charge in [-0.2, -0.15) is 0 Å². The molecular weight excluding hydrogens is 268 g/mol. The van der Waals surface area contributed by atoms with Crippen molar-refractivity contribution in [1.82, 2.24) is 0 Å². The molecule has 0 saturated carbocycles. The number of carboxylic acids is 2. The summed E-state index contributed by atoms with van der Waals surface area (Å²) in [5, 5.41) is 17.7. The molecule has 0 amide bonds. The second-order valence-electron chi connectivity index (χ2n) is 2.80. The zero-order chi connectivity index (χ0) is 11.8. The predicted molar refractivity (Wildman–Crippen MR) is 56.9 cm³/mol. The van der Waals surface area contributed by atoms with Gasteiger partial charge in [-0.1, -0.05) is 15.9 Å². The number of aliphatic carboxylic acids is 2. The summed E-state index contributed by atoms with van der Waals surface area (Å²) in [5.41, 5.74) is -0.0382. The summed E-state index contributed by atoms with van der Waals surface area (Å²) in [4.78, 5) is 21.4. The molecule has 0 bridgehead atoms. The maximum Gasteiger partial charge on any atom is 0.334 e. The molecule has 0 radical (unpaired) electrons. The van der Waals surface area contributed by atoms with Crippen LogP contribution in [0.2, 0.25) is 0 Å². The summed E-state index contributed by atoms with van der Waals surface area (Å²) in [7, 11) is 0. The van der Waals surface area contributed by atoms with Crippen molar-refractivity contribution in [3.63, 3.8) is 0 Å². The maximum absolute atomic E-state index is 10.7. The predicted octanol–water partition coefficient (Wildman–Crippen LogP) is 1.48. The van der Waals surface area contributed by atoms with Crippen LogP contribution in [0.4, 0.5) is 0 Å². The van der Waals surface area contributed by atoms with E-state index in [0.29, 0.717) is 6.61 Å². The molecule has 0 spiro atoms. The van der Waals surface area contributed by atoms with Gasteiger partial charge in [-0.15, -0.1) is 0 Å². The average molecular weight is 281 g/mol. The fourth-order valence-corrected chi connectivity index (χ4v) is 1.35. The molecule has 15 heavy (non-hydrogen) atoms. The van der Waals surface area contributed by atoms with E-state index in [9.17, 15) is 9.59 Å². The molecule has 0 fully saturated rings. The van der Waals surface area contributed by atoms with Gasteiger partial charge in [-0.25, -0.2) is 4.79 Å². The second kappa shape index (κ2) is 7.28. The molecule has 6 heteroatoms. The van der Waals surface area contributed by atoms with Crippen LogP contribution < -0.4 is 0 Å². The van der Waals surface area contributed by atoms with Gasteiger partial charge in [-0.05, 0) is 13.3 Å². The van der Waals surface area contributed by atoms with Gasteiger partial charge >= 0.3 is 11.9 Å².